The minimum Gasteiger partial charge on any atom is -0.393 e. The largest absolute Gasteiger partial charge is 0.393 e. The first-order valence-corrected chi connectivity index (χ1v) is 36.1. The van der Waals surface area contributed by atoms with Crippen LogP contribution < -0.4 is 0 Å². The molecule has 1 fully saturated rings. The summed E-state index contributed by atoms with van der Waals surface area (Å²) in [4.78, 5) is 13.1. The Morgan fingerprint density at radius 2 is 0.537 bits per heavy atom. The van der Waals surface area contributed by atoms with Gasteiger partial charge in [-0.3, -0.25) is 19.6 Å². The molecule has 80 heavy (non-hydrogen) atoms. The van der Waals surface area contributed by atoms with E-state index in [2.05, 4.69) is 45.3 Å². The maximum atomic E-state index is 11.7. The van der Waals surface area contributed by atoms with Crippen LogP contribution in [0.25, 0.3) is 0 Å². The van der Waals surface area contributed by atoms with Gasteiger partial charge in [-0.15, -0.1) is 0 Å². The lowest BCUT2D eigenvalue weighted by Crippen LogP contribution is -2.51. The molecule has 0 bridgehead atoms. The molecular weight excluding hydrogens is 991 g/mol. The molecular formula is C70H145N5O5. The van der Waals surface area contributed by atoms with Crippen LogP contribution >= 0.6 is 0 Å². The van der Waals surface area contributed by atoms with Gasteiger partial charge in [-0.25, -0.2) is 0 Å². The summed E-state index contributed by atoms with van der Waals surface area (Å²) < 4.78 is 0. The minimum absolute atomic E-state index is 0.168. The van der Waals surface area contributed by atoms with Gasteiger partial charge in [0.15, 0.2) is 0 Å². The summed E-state index contributed by atoms with van der Waals surface area (Å²) >= 11 is 0. The predicted molar refractivity (Wildman–Crippen MR) is 348 cm³/mol. The first-order valence-electron chi connectivity index (χ1n) is 36.1. The molecule has 1 heterocycles. The fourth-order valence-electron chi connectivity index (χ4n) is 12.3. The number of β-amino-alcohol motifs (C(OH)–C–C–N with tert-alkyl or cyclic N) is 1. The number of aliphatic hydroxyl groups is 5. The van der Waals surface area contributed by atoms with Crippen LogP contribution in [0.3, 0.4) is 0 Å². The third kappa shape index (κ3) is 53.1. The van der Waals surface area contributed by atoms with E-state index in [0.29, 0.717) is 0 Å². The number of aliphatic hydroxyl groups excluding tert-OH is 5. The van der Waals surface area contributed by atoms with Gasteiger partial charge in [0, 0.05) is 85.1 Å². The fourth-order valence-corrected chi connectivity index (χ4v) is 12.3. The molecule has 0 aromatic heterocycles. The van der Waals surface area contributed by atoms with Crippen molar-refractivity contribution in [3.05, 3.63) is 0 Å². The standard InChI is InChI=1S/C70H145N5O5/c1-6-9-12-15-18-27-34-41-48-68(78)63-73-58-54-72(55-59-73)56-60-75(65-70(80)50-43-36-29-20-17-14-11-8-3)62-61-74(64-69(79)49-42-35-28-19-16-13-10-7-2)57-53-71(51-44-37-30-23-21-25-32-39-46-66(4)76)52-45-38-31-24-22-26-33-40-47-67(5)77/h66-70,76-80H,6-65H2,1-5H3. The van der Waals surface area contributed by atoms with E-state index in [1.54, 1.807) is 0 Å². The average Bonchev–Trinajstić information content (AvgIpc) is 3.43. The molecule has 0 aromatic carbocycles. The Balaban J connectivity index is 3.03. The molecule has 0 saturated carbocycles. The highest BCUT2D eigenvalue weighted by atomic mass is 16.3. The van der Waals surface area contributed by atoms with Crippen molar-refractivity contribution >= 4 is 0 Å². The highest BCUT2D eigenvalue weighted by molar-refractivity contribution is 4.78. The van der Waals surface area contributed by atoms with Gasteiger partial charge < -0.3 is 30.4 Å². The van der Waals surface area contributed by atoms with E-state index in [-0.39, 0.29) is 30.5 Å². The lowest BCUT2D eigenvalue weighted by atomic mass is 10.1. The molecule has 1 aliphatic heterocycles. The summed E-state index contributed by atoms with van der Waals surface area (Å²) in [5.41, 5.74) is 0. The van der Waals surface area contributed by atoms with Crippen LogP contribution in [0.4, 0.5) is 0 Å². The van der Waals surface area contributed by atoms with Crippen LogP contribution in [0, 0.1) is 0 Å². The van der Waals surface area contributed by atoms with Crippen molar-refractivity contribution in [2.45, 2.75) is 354 Å². The highest BCUT2D eigenvalue weighted by Crippen LogP contribution is 2.18. The van der Waals surface area contributed by atoms with Crippen molar-refractivity contribution in [1.29, 1.82) is 0 Å². The molecule has 1 rings (SSSR count). The van der Waals surface area contributed by atoms with E-state index < -0.39 is 0 Å². The number of rotatable bonds is 64. The smallest absolute Gasteiger partial charge is 0.0667 e. The zero-order chi connectivity index (χ0) is 58.2. The number of hydrogen-bond acceptors (Lipinski definition) is 10. The van der Waals surface area contributed by atoms with Crippen molar-refractivity contribution in [3.8, 4) is 0 Å². The van der Waals surface area contributed by atoms with Crippen molar-refractivity contribution < 1.29 is 25.5 Å². The highest BCUT2D eigenvalue weighted by Gasteiger charge is 2.22. The van der Waals surface area contributed by atoms with Gasteiger partial charge in [-0.2, -0.15) is 0 Å². The summed E-state index contributed by atoms with van der Waals surface area (Å²) in [5, 5.41) is 53.5. The van der Waals surface area contributed by atoms with E-state index in [0.717, 1.165) is 162 Å². The number of piperazine rings is 1. The maximum Gasteiger partial charge on any atom is 0.0667 e. The predicted octanol–water partition coefficient (Wildman–Crippen LogP) is 16.0. The number of unbranched alkanes of at least 4 members (excludes halogenated alkanes) is 35. The summed E-state index contributed by atoms with van der Waals surface area (Å²) in [5.74, 6) is 0. The zero-order valence-electron chi connectivity index (χ0n) is 54.8. The lowest BCUT2D eigenvalue weighted by molar-refractivity contribution is 0.0526. The van der Waals surface area contributed by atoms with Gasteiger partial charge in [-0.05, 0) is 71.9 Å². The molecule has 1 aliphatic rings. The minimum atomic E-state index is -0.309. The summed E-state index contributed by atoms with van der Waals surface area (Å²) in [6, 6.07) is 0. The van der Waals surface area contributed by atoms with Crippen LogP contribution in [0.15, 0.2) is 0 Å². The van der Waals surface area contributed by atoms with Crippen LogP contribution in [-0.4, -0.2) is 179 Å². The summed E-state index contributed by atoms with van der Waals surface area (Å²) in [7, 11) is 0. The molecule has 5 N–H and O–H groups in total. The number of hydrogen-bond donors (Lipinski definition) is 5. The first kappa shape index (κ1) is 77.6. The van der Waals surface area contributed by atoms with Crippen LogP contribution in [0.5, 0.6) is 0 Å². The van der Waals surface area contributed by atoms with Crippen molar-refractivity contribution in [3.63, 3.8) is 0 Å². The van der Waals surface area contributed by atoms with Gasteiger partial charge >= 0.3 is 0 Å². The Labute approximate surface area is 500 Å². The Morgan fingerprint density at radius 3 is 0.875 bits per heavy atom. The Hall–Kier alpha value is -0.400. The van der Waals surface area contributed by atoms with Crippen LogP contribution in [-0.2, 0) is 0 Å². The average molecular weight is 1140 g/mol. The zero-order valence-corrected chi connectivity index (χ0v) is 54.8. The Morgan fingerprint density at radius 1 is 0.275 bits per heavy atom. The molecule has 0 spiro atoms. The molecule has 0 radical (unpaired) electrons. The second kappa shape index (κ2) is 59.0. The Bertz CT molecular complexity index is 1180. The van der Waals surface area contributed by atoms with Crippen molar-refractivity contribution in [1.82, 2.24) is 24.5 Å². The quantitative estimate of drug-likeness (QED) is 0.0377. The van der Waals surface area contributed by atoms with Gasteiger partial charge in [0.1, 0.15) is 0 Å². The molecule has 5 atom stereocenters. The van der Waals surface area contributed by atoms with Crippen molar-refractivity contribution in [2.24, 2.45) is 0 Å². The second-order valence-electron chi connectivity index (χ2n) is 26.3. The van der Waals surface area contributed by atoms with Gasteiger partial charge in [0.2, 0.25) is 0 Å². The molecule has 0 amide bonds. The second-order valence-corrected chi connectivity index (χ2v) is 26.3. The van der Waals surface area contributed by atoms with Gasteiger partial charge in [0.25, 0.3) is 0 Å². The summed E-state index contributed by atoms with van der Waals surface area (Å²) in [6.45, 7) is 25.2. The molecule has 10 nitrogen and oxygen atoms in total. The molecule has 5 unspecified atom stereocenters. The fraction of sp³-hybridized carbons (Fsp3) is 1.00. The van der Waals surface area contributed by atoms with Gasteiger partial charge in [-0.1, -0.05) is 265 Å². The van der Waals surface area contributed by atoms with E-state index in [1.165, 1.54) is 225 Å². The molecule has 1 saturated heterocycles. The van der Waals surface area contributed by atoms with E-state index in [4.69, 9.17) is 0 Å². The third-order valence-corrected chi connectivity index (χ3v) is 17.9. The SMILES string of the molecule is CCCCCCCCCCC(O)CN1CCN(CCN(CCN(CCN(CCCCCCCCCCC(C)O)CCCCCCCCCCC(C)O)CC(O)CCCCCCCCCC)CC(O)CCCCCCCCCC)CC1. The third-order valence-electron chi connectivity index (χ3n) is 17.9. The first-order chi connectivity index (χ1) is 39.1. The number of nitrogens with zero attached hydrogens (tertiary/aromatic N) is 5. The lowest BCUT2D eigenvalue weighted by Gasteiger charge is -2.37. The monoisotopic (exact) mass is 1140 g/mol. The molecule has 0 aliphatic carbocycles. The molecule has 480 valence electrons. The van der Waals surface area contributed by atoms with E-state index >= 15 is 0 Å². The van der Waals surface area contributed by atoms with E-state index in [1.807, 2.05) is 13.8 Å². The topological polar surface area (TPSA) is 117 Å². The van der Waals surface area contributed by atoms with Crippen LogP contribution in [0.2, 0.25) is 0 Å². The summed E-state index contributed by atoms with van der Waals surface area (Å²) in [6.07, 6.45) is 54.8. The maximum absolute atomic E-state index is 11.7. The van der Waals surface area contributed by atoms with E-state index in [9.17, 15) is 25.5 Å². The normalized spacial score (nSPS) is 15.7. The Kier molecular flexibility index (Phi) is 57.2. The molecule has 10 heteroatoms. The van der Waals surface area contributed by atoms with Gasteiger partial charge in [0.05, 0.1) is 30.5 Å². The molecule has 0 aromatic rings. The van der Waals surface area contributed by atoms with Crippen molar-refractivity contribution in [2.75, 3.05) is 98.2 Å². The van der Waals surface area contributed by atoms with Crippen LogP contribution in [0.1, 0.15) is 324 Å².